The van der Waals surface area contributed by atoms with Gasteiger partial charge < -0.3 is 11.1 Å². The molecule has 0 saturated heterocycles. The van der Waals surface area contributed by atoms with Gasteiger partial charge in [-0.05, 0) is 48.4 Å². The molecule has 13 heteroatoms. The molecule has 1 aromatic heterocycles. The van der Waals surface area contributed by atoms with E-state index in [0.717, 1.165) is 36.6 Å². The van der Waals surface area contributed by atoms with Crippen molar-refractivity contribution in [2.45, 2.75) is 30.5 Å². The molecule has 3 aromatic rings. The summed E-state index contributed by atoms with van der Waals surface area (Å²) in [6.07, 6.45) is -3.95. The first kappa shape index (κ1) is 27.3. The lowest BCUT2D eigenvalue weighted by molar-refractivity contribution is -0.141. The number of carbonyl (C=O) groups excluding carboxylic acids is 1. The number of hydrogen-bond donors (Lipinski definition) is 2. The van der Waals surface area contributed by atoms with Crippen LogP contribution in [0, 0.1) is 11.6 Å². The first-order valence-corrected chi connectivity index (χ1v) is 12.5. The summed E-state index contributed by atoms with van der Waals surface area (Å²) in [6, 6.07) is 7.34. The molecule has 0 saturated carbocycles. The van der Waals surface area contributed by atoms with E-state index in [-0.39, 0.29) is 34.0 Å². The van der Waals surface area contributed by atoms with Crippen LogP contribution in [-0.4, -0.2) is 25.6 Å². The topological polar surface area (TPSA) is 102 Å². The molecule has 3 rings (SSSR count). The first-order chi connectivity index (χ1) is 16.6. The Bertz CT molecular complexity index is 1450. The summed E-state index contributed by atoms with van der Waals surface area (Å²) in [5.74, 6) is -3.67. The average molecular weight is 548 g/mol. The zero-order valence-electron chi connectivity index (χ0n) is 18.8. The quantitative estimate of drug-likeness (QED) is 0.330. The molecule has 1 amide bonds. The number of pyridine rings is 1. The van der Waals surface area contributed by atoms with Crippen LogP contribution >= 0.6 is 11.6 Å². The normalized spacial score (nSPS) is 12.9. The van der Waals surface area contributed by atoms with Gasteiger partial charge in [0.15, 0.2) is 15.7 Å². The van der Waals surface area contributed by atoms with Crippen LogP contribution < -0.4 is 11.1 Å². The third-order valence-electron chi connectivity index (χ3n) is 5.35. The van der Waals surface area contributed by atoms with Gasteiger partial charge in [-0.25, -0.2) is 22.2 Å². The number of aromatic nitrogens is 1. The van der Waals surface area contributed by atoms with Crippen molar-refractivity contribution in [2.24, 2.45) is 0 Å². The fourth-order valence-corrected chi connectivity index (χ4v) is 4.34. The van der Waals surface area contributed by atoms with Gasteiger partial charge in [0.2, 0.25) is 5.91 Å². The van der Waals surface area contributed by atoms with Crippen molar-refractivity contribution in [3.05, 3.63) is 75.9 Å². The minimum atomic E-state index is -4.76. The van der Waals surface area contributed by atoms with Gasteiger partial charge in [-0.1, -0.05) is 23.7 Å². The van der Waals surface area contributed by atoms with Crippen molar-refractivity contribution in [1.29, 1.82) is 0 Å². The maximum atomic E-state index is 14.5. The minimum absolute atomic E-state index is 0.0217. The Morgan fingerprint density at radius 1 is 1.14 bits per heavy atom. The summed E-state index contributed by atoms with van der Waals surface area (Å²) < 4.78 is 91.1. The predicted octanol–water partition coefficient (Wildman–Crippen LogP) is 5.10. The molecule has 1 unspecified atom stereocenters. The van der Waals surface area contributed by atoms with Crippen LogP contribution in [0.3, 0.4) is 0 Å². The van der Waals surface area contributed by atoms with Crippen molar-refractivity contribution >= 4 is 33.0 Å². The van der Waals surface area contributed by atoms with Crippen LogP contribution in [0.25, 0.3) is 11.3 Å². The maximum absolute atomic E-state index is 14.5. The van der Waals surface area contributed by atoms with Crippen molar-refractivity contribution in [2.75, 3.05) is 12.0 Å². The smallest absolute Gasteiger partial charge is 0.396 e. The van der Waals surface area contributed by atoms with Gasteiger partial charge in [0.1, 0.15) is 16.4 Å². The number of nitrogens with zero attached hydrogens (tertiary/aromatic N) is 1. The summed E-state index contributed by atoms with van der Waals surface area (Å²) in [5, 5.41) is 2.19. The number of alkyl halides is 3. The molecule has 2 aromatic carbocycles. The second kappa shape index (κ2) is 10.0. The van der Waals surface area contributed by atoms with Crippen molar-refractivity contribution in [3.8, 4) is 11.3 Å². The van der Waals surface area contributed by atoms with Crippen molar-refractivity contribution in [1.82, 2.24) is 10.3 Å². The number of amides is 1. The number of halogens is 6. The van der Waals surface area contributed by atoms with Crippen LogP contribution in [-0.2, 0) is 27.4 Å². The van der Waals surface area contributed by atoms with Crippen LogP contribution in [0.2, 0.25) is 5.02 Å². The third-order valence-corrected chi connectivity index (χ3v) is 6.76. The second-order valence-electron chi connectivity index (χ2n) is 7.92. The summed E-state index contributed by atoms with van der Waals surface area (Å²) in [6.45, 7) is 1.11. The monoisotopic (exact) mass is 547 g/mol. The van der Waals surface area contributed by atoms with Crippen molar-refractivity contribution < 1.29 is 35.2 Å². The summed E-state index contributed by atoms with van der Waals surface area (Å²) in [4.78, 5) is 15.8. The molecular formula is C23H19ClF5N3O3S. The Hall–Kier alpha value is -3.25. The van der Waals surface area contributed by atoms with Gasteiger partial charge in [0.25, 0.3) is 0 Å². The van der Waals surface area contributed by atoms with Gasteiger partial charge in [-0.2, -0.15) is 13.2 Å². The molecule has 0 radical (unpaired) electrons. The summed E-state index contributed by atoms with van der Waals surface area (Å²) in [7, 11) is -3.89. The molecule has 0 fully saturated rings. The number of anilines is 1. The van der Waals surface area contributed by atoms with E-state index in [4.69, 9.17) is 17.3 Å². The number of nitrogens with two attached hydrogens (primary N) is 1. The zero-order valence-corrected chi connectivity index (χ0v) is 20.3. The van der Waals surface area contributed by atoms with E-state index in [2.05, 4.69) is 10.3 Å². The van der Waals surface area contributed by atoms with Gasteiger partial charge in [-0.3, -0.25) is 4.79 Å². The number of sulfone groups is 1. The lowest BCUT2D eigenvalue weighted by Gasteiger charge is -2.18. The second-order valence-corrected chi connectivity index (χ2v) is 10.3. The fourth-order valence-electron chi connectivity index (χ4n) is 3.41. The molecular weight excluding hydrogens is 529 g/mol. The molecule has 1 atom stereocenters. The largest absolute Gasteiger partial charge is 0.433 e. The highest BCUT2D eigenvalue weighted by molar-refractivity contribution is 7.90. The lowest BCUT2D eigenvalue weighted by Crippen LogP contribution is -2.28. The Labute approximate surface area is 208 Å². The van der Waals surface area contributed by atoms with E-state index in [9.17, 15) is 35.2 Å². The Morgan fingerprint density at radius 3 is 2.39 bits per heavy atom. The van der Waals surface area contributed by atoms with Crippen LogP contribution in [0.1, 0.15) is 29.7 Å². The number of carbonyl (C=O) groups is 1. The molecule has 0 aliphatic carbocycles. The van der Waals surface area contributed by atoms with E-state index in [1.807, 2.05) is 0 Å². The van der Waals surface area contributed by atoms with Gasteiger partial charge >= 0.3 is 6.18 Å². The fraction of sp³-hybridized carbons (Fsp3) is 0.217. The van der Waals surface area contributed by atoms with Crippen molar-refractivity contribution in [3.63, 3.8) is 0 Å². The molecule has 6 nitrogen and oxygen atoms in total. The Kier molecular flexibility index (Phi) is 7.61. The van der Waals surface area contributed by atoms with Crippen LogP contribution in [0.15, 0.2) is 47.4 Å². The SMILES string of the molecule is CC(C(=O)NCc1ccc(C(F)(F)F)nc1-c1ccc(F)c(Cl)c1)c1ccc(S(C)(=O)=O)c(F)c1N. The molecule has 1 heterocycles. The van der Waals surface area contributed by atoms with Gasteiger partial charge in [0.05, 0.1) is 22.3 Å². The molecule has 0 aliphatic heterocycles. The predicted molar refractivity (Wildman–Crippen MR) is 124 cm³/mol. The molecule has 3 N–H and O–H groups in total. The number of hydrogen-bond acceptors (Lipinski definition) is 5. The van der Waals surface area contributed by atoms with E-state index in [0.29, 0.717) is 0 Å². The lowest BCUT2D eigenvalue weighted by atomic mass is 9.98. The Morgan fingerprint density at radius 2 is 1.81 bits per heavy atom. The maximum Gasteiger partial charge on any atom is 0.433 e. The third kappa shape index (κ3) is 5.76. The molecule has 0 bridgehead atoms. The number of rotatable bonds is 6. The zero-order chi connectivity index (χ0) is 27.0. The Balaban J connectivity index is 1.91. The molecule has 192 valence electrons. The molecule has 0 spiro atoms. The van der Waals surface area contributed by atoms with Crippen LogP contribution in [0.5, 0.6) is 0 Å². The van der Waals surface area contributed by atoms with Crippen LogP contribution in [0.4, 0.5) is 27.6 Å². The number of nitrogens with one attached hydrogen (secondary N) is 1. The summed E-state index contributed by atoms with van der Waals surface area (Å²) in [5.41, 5.74) is 4.12. The highest BCUT2D eigenvalue weighted by atomic mass is 35.5. The van der Waals surface area contributed by atoms with E-state index < -0.39 is 55.7 Å². The van der Waals surface area contributed by atoms with Gasteiger partial charge in [0, 0.05) is 18.4 Å². The summed E-state index contributed by atoms with van der Waals surface area (Å²) >= 11 is 5.77. The standard InChI is InChI=1S/C23H19ClF5N3O3S/c1-11(14-5-7-17(36(2,34)35)19(26)20(14)30)22(33)31-10-13-4-8-18(23(27,28)29)32-21(13)12-3-6-16(25)15(24)9-12/h3-9,11H,10,30H2,1-2H3,(H,31,33). The first-order valence-electron chi connectivity index (χ1n) is 10.2. The highest BCUT2D eigenvalue weighted by Crippen LogP contribution is 2.33. The minimum Gasteiger partial charge on any atom is -0.396 e. The number of benzene rings is 2. The van der Waals surface area contributed by atoms with E-state index in [1.54, 1.807) is 0 Å². The van der Waals surface area contributed by atoms with Gasteiger partial charge in [-0.15, -0.1) is 0 Å². The average Bonchev–Trinajstić information content (AvgIpc) is 2.79. The highest BCUT2D eigenvalue weighted by Gasteiger charge is 2.33. The van der Waals surface area contributed by atoms with E-state index >= 15 is 0 Å². The van der Waals surface area contributed by atoms with E-state index in [1.165, 1.54) is 19.1 Å². The molecule has 0 aliphatic rings. The number of nitrogen functional groups attached to an aromatic ring is 1. The molecule has 36 heavy (non-hydrogen) atoms.